The van der Waals surface area contributed by atoms with Crippen LogP contribution in [0.2, 0.25) is 0 Å². The van der Waals surface area contributed by atoms with E-state index >= 15 is 0 Å². The molecule has 0 saturated heterocycles. The summed E-state index contributed by atoms with van der Waals surface area (Å²) in [6.07, 6.45) is 1.64. The lowest BCUT2D eigenvalue weighted by Crippen LogP contribution is -2.43. The number of nitrogens with zero attached hydrogens (tertiary/aromatic N) is 1. The van der Waals surface area contributed by atoms with Gasteiger partial charge in [-0.1, -0.05) is 0 Å². The Bertz CT molecular complexity index is 359. The van der Waals surface area contributed by atoms with Gasteiger partial charge in [-0.2, -0.15) is 0 Å². The van der Waals surface area contributed by atoms with Crippen molar-refractivity contribution < 1.29 is 8.42 Å². The summed E-state index contributed by atoms with van der Waals surface area (Å²) in [4.78, 5) is 0. The summed E-state index contributed by atoms with van der Waals surface area (Å²) < 4.78 is 22.2. The normalized spacial score (nSPS) is 19.2. The van der Waals surface area contributed by atoms with Crippen LogP contribution in [0.5, 0.6) is 0 Å². The Hall–Kier alpha value is -0.660. The molecule has 0 radical (unpaired) electrons. The molecule has 1 rings (SSSR count). The van der Waals surface area contributed by atoms with Crippen molar-refractivity contribution in [3.63, 3.8) is 0 Å². The van der Waals surface area contributed by atoms with Crippen LogP contribution in [0, 0.1) is 0 Å². The summed E-state index contributed by atoms with van der Waals surface area (Å²) in [6, 6.07) is 0. The molecule has 0 amide bonds. The predicted molar refractivity (Wildman–Crippen MR) is 59.3 cm³/mol. The van der Waals surface area contributed by atoms with E-state index in [1.54, 1.807) is 25.2 Å². The van der Waals surface area contributed by atoms with Gasteiger partial charge in [0.05, 0.1) is 11.5 Å². The molecule has 1 aliphatic heterocycles. The summed E-state index contributed by atoms with van der Waals surface area (Å²) in [5, 5.41) is 4.91. The zero-order chi connectivity index (χ0) is 10.8. The predicted octanol–water partition coefficient (Wildman–Crippen LogP) is -0.761. The zero-order valence-electron chi connectivity index (χ0n) is 8.07. The highest BCUT2D eigenvalue weighted by molar-refractivity contribution is 7.92. The largest absolute Gasteiger partial charge is 0.335 e. The van der Waals surface area contributed by atoms with Gasteiger partial charge >= 0.3 is 0 Å². The third-order valence-electron chi connectivity index (χ3n) is 1.56. The molecule has 0 spiro atoms. The van der Waals surface area contributed by atoms with E-state index in [4.69, 9.17) is 12.2 Å². The van der Waals surface area contributed by atoms with Gasteiger partial charge < -0.3 is 5.32 Å². The van der Waals surface area contributed by atoms with E-state index in [-0.39, 0.29) is 11.5 Å². The lowest BCUT2D eigenvalue weighted by molar-refractivity contribution is 0.361. The first-order chi connectivity index (χ1) is 6.39. The smallest absolute Gasteiger partial charge is 0.185 e. The molecule has 0 bridgehead atoms. The summed E-state index contributed by atoms with van der Waals surface area (Å²) in [7, 11) is 0.673. The molecule has 1 heterocycles. The lowest BCUT2D eigenvalue weighted by Gasteiger charge is -2.15. The molecule has 0 atom stereocenters. The van der Waals surface area contributed by atoms with E-state index < -0.39 is 9.84 Å². The van der Waals surface area contributed by atoms with Gasteiger partial charge in [0.15, 0.2) is 14.9 Å². The Balaban J connectivity index is 2.44. The molecular weight excluding hydrogens is 222 g/mol. The van der Waals surface area contributed by atoms with Crippen molar-refractivity contribution in [2.45, 2.75) is 0 Å². The molecule has 0 aromatic rings. The van der Waals surface area contributed by atoms with Crippen molar-refractivity contribution in [2.75, 3.05) is 25.6 Å². The average molecular weight is 235 g/mol. The van der Waals surface area contributed by atoms with Crippen LogP contribution in [0.3, 0.4) is 0 Å². The minimum Gasteiger partial charge on any atom is -0.335 e. The highest BCUT2D eigenvalue weighted by atomic mass is 32.2. The molecule has 0 aromatic carbocycles. The van der Waals surface area contributed by atoms with Crippen LogP contribution in [-0.4, -0.2) is 44.1 Å². The van der Waals surface area contributed by atoms with E-state index in [0.717, 1.165) is 0 Å². The first kappa shape index (κ1) is 11.4. The van der Waals surface area contributed by atoms with Gasteiger partial charge in [0.2, 0.25) is 0 Å². The van der Waals surface area contributed by atoms with Gasteiger partial charge in [-0.05, 0) is 18.3 Å². The van der Waals surface area contributed by atoms with Crippen molar-refractivity contribution >= 4 is 27.2 Å². The number of hydrazine groups is 1. The fourth-order valence-electron chi connectivity index (χ4n) is 1.05. The Morgan fingerprint density at radius 3 is 2.64 bits per heavy atom. The molecule has 5 nitrogen and oxygen atoms in total. The summed E-state index contributed by atoms with van der Waals surface area (Å²) in [5.74, 6) is 0.141. The van der Waals surface area contributed by atoms with Gasteiger partial charge in [-0.25, -0.2) is 13.4 Å². The molecule has 7 heteroatoms. The maximum atomic E-state index is 11.1. The van der Waals surface area contributed by atoms with E-state index in [0.29, 0.717) is 10.8 Å². The second kappa shape index (κ2) is 4.24. The zero-order valence-corrected chi connectivity index (χ0v) is 9.70. The number of nitrogens with one attached hydrogen (secondary N) is 2. The van der Waals surface area contributed by atoms with Crippen LogP contribution in [0.4, 0.5) is 0 Å². The number of hydrogen-bond acceptors (Lipinski definition) is 4. The molecule has 1 aliphatic rings. The van der Waals surface area contributed by atoms with Crippen molar-refractivity contribution in [2.24, 2.45) is 0 Å². The molecule has 0 unspecified atom stereocenters. The van der Waals surface area contributed by atoms with Crippen LogP contribution in [0.15, 0.2) is 11.8 Å². The van der Waals surface area contributed by atoms with Crippen molar-refractivity contribution in [1.82, 2.24) is 15.8 Å². The Morgan fingerprint density at radius 2 is 2.21 bits per heavy atom. The third-order valence-corrected chi connectivity index (χ3v) is 3.18. The highest BCUT2D eigenvalue weighted by Crippen LogP contribution is 2.07. The fourth-order valence-corrected chi connectivity index (χ4v) is 2.60. The molecule has 0 aliphatic carbocycles. The summed E-state index contributed by atoms with van der Waals surface area (Å²) >= 11 is 4.94. The van der Waals surface area contributed by atoms with Gasteiger partial charge in [0, 0.05) is 19.8 Å². The van der Waals surface area contributed by atoms with E-state index in [1.807, 2.05) is 0 Å². The average Bonchev–Trinajstić information content (AvgIpc) is 2.27. The summed E-state index contributed by atoms with van der Waals surface area (Å²) in [6.45, 7) is 0. The van der Waals surface area contributed by atoms with Crippen LogP contribution in [0.1, 0.15) is 0 Å². The van der Waals surface area contributed by atoms with E-state index in [9.17, 15) is 8.42 Å². The van der Waals surface area contributed by atoms with Gasteiger partial charge in [-0.15, -0.1) is 0 Å². The standard InChI is InChI=1S/C7H13N3O2S2/c1-10(2)9-7(13)8-6-3-4-14(11,12)5-6/h3H,4-5H2,1-2H3,(H2,8,9,13). The third kappa shape index (κ3) is 3.60. The number of hydrogen-bond donors (Lipinski definition) is 2. The SMILES string of the molecule is CN(C)NC(=S)NC1=CCS(=O)(=O)C1. The first-order valence-electron chi connectivity index (χ1n) is 4.03. The van der Waals surface area contributed by atoms with Gasteiger partial charge in [0.1, 0.15) is 0 Å². The van der Waals surface area contributed by atoms with Gasteiger partial charge in [0.25, 0.3) is 0 Å². The quantitative estimate of drug-likeness (QED) is 0.484. The van der Waals surface area contributed by atoms with E-state index in [2.05, 4.69) is 10.7 Å². The van der Waals surface area contributed by atoms with Crippen molar-refractivity contribution in [1.29, 1.82) is 0 Å². The molecule has 14 heavy (non-hydrogen) atoms. The van der Waals surface area contributed by atoms with Crippen LogP contribution < -0.4 is 10.7 Å². The van der Waals surface area contributed by atoms with Crippen LogP contribution >= 0.6 is 12.2 Å². The van der Waals surface area contributed by atoms with E-state index in [1.165, 1.54) is 0 Å². The first-order valence-corrected chi connectivity index (χ1v) is 6.26. The Labute approximate surface area is 89.0 Å². The number of thiocarbonyl (C=S) groups is 1. The number of sulfone groups is 1. The Morgan fingerprint density at radius 1 is 1.57 bits per heavy atom. The molecule has 80 valence electrons. The minimum atomic E-state index is -2.93. The summed E-state index contributed by atoms with van der Waals surface area (Å²) in [5.41, 5.74) is 3.46. The maximum Gasteiger partial charge on any atom is 0.185 e. The fraction of sp³-hybridized carbons (Fsp3) is 0.571. The number of rotatable bonds is 2. The molecule has 0 saturated carbocycles. The maximum absolute atomic E-state index is 11.1. The molecule has 0 fully saturated rings. The lowest BCUT2D eigenvalue weighted by atomic mass is 10.5. The monoisotopic (exact) mass is 235 g/mol. The van der Waals surface area contributed by atoms with Gasteiger partial charge in [-0.3, -0.25) is 5.43 Å². The van der Waals surface area contributed by atoms with Crippen molar-refractivity contribution in [3.05, 3.63) is 11.8 Å². The highest BCUT2D eigenvalue weighted by Gasteiger charge is 2.20. The van der Waals surface area contributed by atoms with Crippen molar-refractivity contribution in [3.8, 4) is 0 Å². The van der Waals surface area contributed by atoms with Crippen LogP contribution in [0.25, 0.3) is 0 Å². The second-order valence-electron chi connectivity index (χ2n) is 3.24. The molecule has 0 aromatic heterocycles. The molecular formula is C7H13N3O2S2. The molecule has 2 N–H and O–H groups in total. The van der Waals surface area contributed by atoms with Crippen LogP contribution in [-0.2, 0) is 9.84 Å². The Kier molecular flexibility index (Phi) is 3.46. The second-order valence-corrected chi connectivity index (χ2v) is 5.76. The minimum absolute atomic E-state index is 0.0439. The topological polar surface area (TPSA) is 61.4 Å².